The first-order valence-electron chi connectivity index (χ1n) is 7.39. The second-order valence-electron chi connectivity index (χ2n) is 6.56. The lowest BCUT2D eigenvalue weighted by atomic mass is 10.00. The topological polar surface area (TPSA) is 44.3 Å². The molecule has 0 unspecified atom stereocenters. The maximum atomic E-state index is 4.58. The largest absolute Gasteiger partial charge is 0.352 e. The zero-order valence-corrected chi connectivity index (χ0v) is 13.3. The molecule has 1 fully saturated rings. The fourth-order valence-electron chi connectivity index (χ4n) is 2.35. The molecular formula is C15H27N5. The normalized spacial score (nSPS) is 19.6. The van der Waals surface area contributed by atoms with Crippen molar-refractivity contribution in [3.63, 3.8) is 0 Å². The smallest absolute Gasteiger partial charge is 0.147 e. The van der Waals surface area contributed by atoms with Crippen molar-refractivity contribution in [3.8, 4) is 0 Å². The van der Waals surface area contributed by atoms with Crippen LogP contribution >= 0.6 is 0 Å². The number of piperazine rings is 1. The first-order valence-corrected chi connectivity index (χ1v) is 7.39. The molecule has 0 radical (unpaired) electrons. The SMILES string of the molecule is CC(C)NCc1cnc(N2CCN(C)C(C)(C)C2)cn1. The molecule has 1 aromatic rings. The van der Waals surface area contributed by atoms with Crippen LogP contribution in [0.3, 0.4) is 0 Å². The summed E-state index contributed by atoms with van der Waals surface area (Å²) in [4.78, 5) is 13.8. The number of likely N-dealkylation sites (N-methyl/N-ethyl adjacent to an activating group) is 1. The molecule has 2 heterocycles. The van der Waals surface area contributed by atoms with Crippen LogP contribution in [-0.2, 0) is 6.54 Å². The monoisotopic (exact) mass is 277 g/mol. The summed E-state index contributed by atoms with van der Waals surface area (Å²) >= 11 is 0. The van der Waals surface area contributed by atoms with E-state index >= 15 is 0 Å². The first-order chi connectivity index (χ1) is 9.38. The molecule has 112 valence electrons. The molecule has 5 nitrogen and oxygen atoms in total. The van der Waals surface area contributed by atoms with Gasteiger partial charge in [0.1, 0.15) is 5.82 Å². The Balaban J connectivity index is 1.99. The molecule has 1 aromatic heterocycles. The molecular weight excluding hydrogens is 250 g/mol. The van der Waals surface area contributed by atoms with Crippen LogP contribution in [0.15, 0.2) is 12.4 Å². The molecule has 5 heteroatoms. The third-order valence-electron chi connectivity index (χ3n) is 4.02. The van der Waals surface area contributed by atoms with E-state index in [1.165, 1.54) is 0 Å². The van der Waals surface area contributed by atoms with Crippen LogP contribution in [0.1, 0.15) is 33.4 Å². The zero-order chi connectivity index (χ0) is 14.8. The summed E-state index contributed by atoms with van der Waals surface area (Å²) in [5.74, 6) is 0.986. The second kappa shape index (κ2) is 6.06. The number of hydrogen-bond acceptors (Lipinski definition) is 5. The number of nitrogens with one attached hydrogen (secondary N) is 1. The maximum absolute atomic E-state index is 4.58. The minimum Gasteiger partial charge on any atom is -0.352 e. The molecule has 0 spiro atoms. The molecule has 0 amide bonds. The van der Waals surface area contributed by atoms with Gasteiger partial charge in [-0.3, -0.25) is 9.88 Å². The van der Waals surface area contributed by atoms with Gasteiger partial charge in [0, 0.05) is 37.8 Å². The summed E-state index contributed by atoms with van der Waals surface area (Å²) in [6.45, 7) is 12.6. The van der Waals surface area contributed by atoms with Gasteiger partial charge in [-0.05, 0) is 20.9 Å². The third-order valence-corrected chi connectivity index (χ3v) is 4.02. The highest BCUT2D eigenvalue weighted by Crippen LogP contribution is 2.22. The van der Waals surface area contributed by atoms with E-state index in [4.69, 9.17) is 0 Å². The Kier molecular flexibility index (Phi) is 4.60. The Bertz CT molecular complexity index is 426. The highest BCUT2D eigenvalue weighted by molar-refractivity contribution is 5.37. The maximum Gasteiger partial charge on any atom is 0.147 e. The van der Waals surface area contributed by atoms with Crippen LogP contribution in [0.4, 0.5) is 5.82 Å². The lowest BCUT2D eigenvalue weighted by Crippen LogP contribution is -2.57. The average Bonchev–Trinajstić information content (AvgIpc) is 2.40. The summed E-state index contributed by atoms with van der Waals surface area (Å²) < 4.78 is 0. The van der Waals surface area contributed by atoms with Gasteiger partial charge in [0.25, 0.3) is 0 Å². The fourth-order valence-corrected chi connectivity index (χ4v) is 2.35. The predicted molar refractivity (Wildman–Crippen MR) is 82.9 cm³/mol. The molecule has 0 aromatic carbocycles. The third kappa shape index (κ3) is 3.67. The van der Waals surface area contributed by atoms with Crippen molar-refractivity contribution in [2.24, 2.45) is 0 Å². The van der Waals surface area contributed by atoms with Gasteiger partial charge in [0.2, 0.25) is 0 Å². The van der Waals surface area contributed by atoms with Crippen molar-refractivity contribution >= 4 is 5.82 Å². The van der Waals surface area contributed by atoms with Gasteiger partial charge in [-0.2, -0.15) is 0 Å². The van der Waals surface area contributed by atoms with Crippen molar-refractivity contribution in [2.45, 2.75) is 45.8 Å². The zero-order valence-electron chi connectivity index (χ0n) is 13.3. The van der Waals surface area contributed by atoms with E-state index in [-0.39, 0.29) is 5.54 Å². The van der Waals surface area contributed by atoms with Crippen LogP contribution in [0.2, 0.25) is 0 Å². The van der Waals surface area contributed by atoms with E-state index in [1.54, 1.807) is 0 Å². The van der Waals surface area contributed by atoms with E-state index in [0.717, 1.165) is 37.7 Å². The molecule has 0 bridgehead atoms. The number of anilines is 1. The van der Waals surface area contributed by atoms with Gasteiger partial charge in [0.05, 0.1) is 18.1 Å². The van der Waals surface area contributed by atoms with Gasteiger partial charge in [-0.25, -0.2) is 4.98 Å². The minimum absolute atomic E-state index is 0.178. The van der Waals surface area contributed by atoms with Crippen LogP contribution in [0.5, 0.6) is 0 Å². The first kappa shape index (κ1) is 15.2. The summed E-state index contributed by atoms with van der Waals surface area (Å²) in [7, 11) is 2.18. The van der Waals surface area contributed by atoms with Crippen molar-refractivity contribution in [2.75, 3.05) is 31.6 Å². The Hall–Kier alpha value is -1.20. The van der Waals surface area contributed by atoms with Gasteiger partial charge in [0.15, 0.2) is 0 Å². The summed E-state index contributed by atoms with van der Waals surface area (Å²) in [5, 5.41) is 3.36. The number of rotatable bonds is 4. The molecule has 1 aliphatic heterocycles. The lowest BCUT2D eigenvalue weighted by Gasteiger charge is -2.45. The van der Waals surface area contributed by atoms with E-state index in [9.17, 15) is 0 Å². The molecule has 1 saturated heterocycles. The van der Waals surface area contributed by atoms with E-state index in [0.29, 0.717) is 6.04 Å². The Morgan fingerprint density at radius 2 is 2.00 bits per heavy atom. The molecule has 0 saturated carbocycles. The van der Waals surface area contributed by atoms with E-state index in [1.807, 2.05) is 12.4 Å². The molecule has 0 aliphatic carbocycles. The number of aromatic nitrogens is 2. The molecule has 1 N–H and O–H groups in total. The highest BCUT2D eigenvalue weighted by Gasteiger charge is 2.31. The number of nitrogens with zero attached hydrogens (tertiary/aromatic N) is 4. The van der Waals surface area contributed by atoms with E-state index < -0.39 is 0 Å². The lowest BCUT2D eigenvalue weighted by molar-refractivity contribution is 0.138. The van der Waals surface area contributed by atoms with Gasteiger partial charge >= 0.3 is 0 Å². The Morgan fingerprint density at radius 3 is 2.55 bits per heavy atom. The van der Waals surface area contributed by atoms with Crippen LogP contribution in [0, 0.1) is 0 Å². The minimum atomic E-state index is 0.178. The van der Waals surface area contributed by atoms with Crippen LogP contribution < -0.4 is 10.2 Å². The Labute approximate surface area is 122 Å². The second-order valence-corrected chi connectivity index (χ2v) is 6.56. The van der Waals surface area contributed by atoms with Crippen molar-refractivity contribution in [1.82, 2.24) is 20.2 Å². The van der Waals surface area contributed by atoms with Crippen LogP contribution in [-0.4, -0.2) is 53.1 Å². The van der Waals surface area contributed by atoms with Crippen molar-refractivity contribution in [1.29, 1.82) is 0 Å². The van der Waals surface area contributed by atoms with Crippen molar-refractivity contribution < 1.29 is 0 Å². The summed E-state index contributed by atoms with van der Waals surface area (Å²) in [5.41, 5.74) is 1.17. The molecule has 2 rings (SSSR count). The summed E-state index contributed by atoms with van der Waals surface area (Å²) in [6.07, 6.45) is 3.79. The molecule has 20 heavy (non-hydrogen) atoms. The van der Waals surface area contributed by atoms with Gasteiger partial charge < -0.3 is 10.2 Å². The van der Waals surface area contributed by atoms with Gasteiger partial charge in [-0.15, -0.1) is 0 Å². The predicted octanol–water partition coefficient (Wildman–Crippen LogP) is 1.50. The molecule has 1 aliphatic rings. The highest BCUT2D eigenvalue weighted by atomic mass is 15.3. The Morgan fingerprint density at radius 1 is 1.25 bits per heavy atom. The van der Waals surface area contributed by atoms with Crippen LogP contribution in [0.25, 0.3) is 0 Å². The fraction of sp³-hybridized carbons (Fsp3) is 0.733. The molecule has 0 atom stereocenters. The van der Waals surface area contributed by atoms with Gasteiger partial charge in [-0.1, -0.05) is 13.8 Å². The number of hydrogen-bond donors (Lipinski definition) is 1. The quantitative estimate of drug-likeness (QED) is 0.903. The van der Waals surface area contributed by atoms with E-state index in [2.05, 4.69) is 59.8 Å². The standard InChI is InChI=1S/C15H27N5/c1-12(2)16-8-13-9-18-14(10-17-13)20-7-6-19(5)15(3,4)11-20/h9-10,12,16H,6-8,11H2,1-5H3. The summed E-state index contributed by atoms with van der Waals surface area (Å²) in [6, 6.07) is 0.468. The van der Waals surface area contributed by atoms with Crippen molar-refractivity contribution in [3.05, 3.63) is 18.1 Å². The average molecular weight is 277 g/mol.